The highest BCUT2D eigenvalue weighted by Crippen LogP contribution is 2.27. The molecule has 0 saturated heterocycles. The van der Waals surface area contributed by atoms with Gasteiger partial charge in [-0.25, -0.2) is 9.55 Å². The van der Waals surface area contributed by atoms with E-state index in [9.17, 15) is 4.79 Å². The Hall–Kier alpha value is -3.68. The van der Waals surface area contributed by atoms with Gasteiger partial charge in [0.25, 0.3) is 5.91 Å². The number of aryl methyl sites for hydroxylation is 3. The maximum Gasteiger partial charge on any atom is 0.251 e. The average Bonchev–Trinajstić information content (AvgIpc) is 3.32. The Morgan fingerprint density at radius 1 is 1.30 bits per heavy atom. The van der Waals surface area contributed by atoms with Crippen LogP contribution < -0.4 is 15.2 Å². The first kappa shape index (κ1) is 19.6. The third kappa shape index (κ3) is 3.89. The summed E-state index contributed by atoms with van der Waals surface area (Å²) in [5, 5.41) is 10.1. The molecule has 8 nitrogen and oxygen atoms in total. The number of fused-ring (bicyclic) bond motifs is 1. The lowest BCUT2D eigenvalue weighted by molar-refractivity contribution is -0.696. The van der Waals surface area contributed by atoms with Gasteiger partial charge in [-0.3, -0.25) is 9.20 Å². The van der Waals surface area contributed by atoms with Crippen molar-refractivity contribution in [1.29, 1.82) is 0 Å². The first-order chi connectivity index (χ1) is 14.6. The summed E-state index contributed by atoms with van der Waals surface area (Å²) < 4.78 is 9.31. The highest BCUT2D eigenvalue weighted by molar-refractivity contribution is 5.95. The molecule has 0 fully saturated rings. The monoisotopic (exact) mass is 405 g/mol. The molecular formula is C22H25N6O2+. The molecule has 0 unspecified atom stereocenters. The van der Waals surface area contributed by atoms with E-state index in [0.717, 1.165) is 41.4 Å². The molecule has 0 atom stereocenters. The van der Waals surface area contributed by atoms with Crippen molar-refractivity contribution in [3.8, 4) is 11.3 Å². The second kappa shape index (κ2) is 8.36. The molecule has 4 rings (SSSR count). The van der Waals surface area contributed by atoms with Gasteiger partial charge in [0.2, 0.25) is 0 Å². The molecule has 0 bridgehead atoms. The summed E-state index contributed by atoms with van der Waals surface area (Å²) in [6, 6.07) is 7.61. The van der Waals surface area contributed by atoms with Crippen LogP contribution in [0.5, 0.6) is 0 Å². The SMILES string of the molecule is CNc1ccc[n+](CCCNC(=O)c2ccn3c(-c4c(C)noc4C)cnc3c2)c1. The third-order valence-electron chi connectivity index (χ3n) is 5.09. The number of aromatic nitrogens is 4. The lowest BCUT2D eigenvalue weighted by atomic mass is 10.1. The van der Waals surface area contributed by atoms with Gasteiger partial charge in [-0.05, 0) is 32.0 Å². The number of imidazole rings is 1. The molecule has 1 amide bonds. The number of nitrogens with one attached hydrogen (secondary N) is 2. The predicted molar refractivity (Wildman–Crippen MR) is 113 cm³/mol. The fourth-order valence-corrected chi connectivity index (χ4v) is 3.53. The highest BCUT2D eigenvalue weighted by Gasteiger charge is 2.16. The van der Waals surface area contributed by atoms with Crippen LogP contribution in [-0.4, -0.2) is 34.0 Å². The van der Waals surface area contributed by atoms with Crippen LogP contribution in [0.1, 0.15) is 28.2 Å². The van der Waals surface area contributed by atoms with Crippen LogP contribution in [0.15, 0.2) is 53.6 Å². The molecule has 0 radical (unpaired) electrons. The maximum absolute atomic E-state index is 12.6. The van der Waals surface area contributed by atoms with Crippen molar-refractivity contribution in [2.75, 3.05) is 18.9 Å². The fourth-order valence-electron chi connectivity index (χ4n) is 3.53. The quantitative estimate of drug-likeness (QED) is 0.365. The zero-order valence-electron chi connectivity index (χ0n) is 17.3. The minimum Gasteiger partial charge on any atom is -0.383 e. The van der Waals surface area contributed by atoms with Gasteiger partial charge in [-0.15, -0.1) is 0 Å². The first-order valence-electron chi connectivity index (χ1n) is 9.92. The second-order valence-electron chi connectivity index (χ2n) is 7.18. The highest BCUT2D eigenvalue weighted by atomic mass is 16.5. The summed E-state index contributed by atoms with van der Waals surface area (Å²) in [5.41, 5.74) is 4.99. The van der Waals surface area contributed by atoms with Crippen LogP contribution in [0.4, 0.5) is 5.69 Å². The number of hydrogen-bond acceptors (Lipinski definition) is 5. The second-order valence-corrected chi connectivity index (χ2v) is 7.18. The van der Waals surface area contributed by atoms with E-state index in [4.69, 9.17) is 4.52 Å². The molecule has 0 saturated carbocycles. The van der Waals surface area contributed by atoms with Gasteiger partial charge in [0.15, 0.2) is 12.4 Å². The van der Waals surface area contributed by atoms with Gasteiger partial charge < -0.3 is 15.2 Å². The van der Waals surface area contributed by atoms with E-state index in [1.165, 1.54) is 0 Å². The summed E-state index contributed by atoms with van der Waals surface area (Å²) in [6.45, 7) is 5.21. The lowest BCUT2D eigenvalue weighted by Crippen LogP contribution is -2.35. The molecular weight excluding hydrogens is 380 g/mol. The normalized spacial score (nSPS) is 11.0. The van der Waals surface area contributed by atoms with Crippen molar-refractivity contribution in [3.05, 3.63) is 66.1 Å². The summed E-state index contributed by atoms with van der Waals surface area (Å²) in [6.07, 6.45) is 8.54. The topological polar surface area (TPSA) is 88.3 Å². The smallest absolute Gasteiger partial charge is 0.251 e. The standard InChI is InChI=1S/C22H24N6O2/c1-15-21(16(2)30-26-15)19-13-25-20-12-17(7-11-28(19)20)22(29)24-8-5-10-27-9-4-6-18(14-27)23-3/h4,6-7,9,11-14,23H,5,8,10H2,1-3H3/p+1. The fraction of sp³-hybridized carbons (Fsp3) is 0.273. The van der Waals surface area contributed by atoms with Crippen molar-refractivity contribution >= 4 is 17.2 Å². The zero-order valence-corrected chi connectivity index (χ0v) is 17.3. The molecule has 30 heavy (non-hydrogen) atoms. The Kier molecular flexibility index (Phi) is 5.47. The Morgan fingerprint density at radius 3 is 2.93 bits per heavy atom. The first-order valence-corrected chi connectivity index (χ1v) is 9.92. The minimum absolute atomic E-state index is 0.103. The molecule has 4 heterocycles. The molecule has 2 N–H and O–H groups in total. The van der Waals surface area contributed by atoms with Crippen LogP contribution in [0, 0.1) is 13.8 Å². The molecule has 0 aliphatic heterocycles. The molecule has 0 spiro atoms. The number of rotatable bonds is 7. The van der Waals surface area contributed by atoms with Crippen LogP contribution in [0.25, 0.3) is 16.9 Å². The van der Waals surface area contributed by atoms with Crippen LogP contribution >= 0.6 is 0 Å². The Morgan fingerprint density at radius 2 is 2.17 bits per heavy atom. The zero-order chi connectivity index (χ0) is 21.1. The van der Waals surface area contributed by atoms with Crippen LogP contribution in [0.3, 0.4) is 0 Å². The summed E-state index contributed by atoms with van der Waals surface area (Å²) >= 11 is 0. The molecule has 4 aromatic heterocycles. The van der Waals surface area contributed by atoms with Crippen LogP contribution in [-0.2, 0) is 6.54 Å². The number of nitrogens with zero attached hydrogens (tertiary/aromatic N) is 4. The van der Waals surface area contributed by atoms with Crippen LogP contribution in [0.2, 0.25) is 0 Å². The van der Waals surface area contributed by atoms with Crippen molar-refractivity contribution in [2.24, 2.45) is 0 Å². The van der Waals surface area contributed by atoms with Gasteiger partial charge >= 0.3 is 0 Å². The van der Waals surface area contributed by atoms with E-state index in [2.05, 4.69) is 25.3 Å². The van der Waals surface area contributed by atoms with Gasteiger partial charge in [0.1, 0.15) is 18.0 Å². The molecule has 0 aliphatic rings. The van der Waals surface area contributed by atoms with E-state index >= 15 is 0 Å². The van der Waals surface area contributed by atoms with Crippen molar-refractivity contribution in [3.63, 3.8) is 0 Å². The molecule has 8 heteroatoms. The van der Waals surface area contributed by atoms with Gasteiger partial charge in [-0.2, -0.15) is 0 Å². The molecule has 0 aliphatic carbocycles. The third-order valence-corrected chi connectivity index (χ3v) is 5.09. The predicted octanol–water partition coefficient (Wildman–Crippen LogP) is 2.76. The average molecular weight is 405 g/mol. The van der Waals surface area contributed by atoms with Crippen molar-refractivity contribution in [1.82, 2.24) is 19.9 Å². The van der Waals surface area contributed by atoms with E-state index in [-0.39, 0.29) is 5.91 Å². The van der Waals surface area contributed by atoms with Crippen molar-refractivity contribution < 1.29 is 13.9 Å². The Balaban J connectivity index is 1.40. The maximum atomic E-state index is 12.6. The summed E-state index contributed by atoms with van der Waals surface area (Å²) in [4.78, 5) is 17.0. The van der Waals surface area contributed by atoms with Crippen molar-refractivity contribution in [2.45, 2.75) is 26.8 Å². The minimum atomic E-state index is -0.103. The summed E-state index contributed by atoms with van der Waals surface area (Å²) in [7, 11) is 1.90. The molecule has 154 valence electrons. The van der Waals surface area contributed by atoms with E-state index in [1.807, 2.05) is 56.0 Å². The summed E-state index contributed by atoms with van der Waals surface area (Å²) in [5.74, 6) is 0.641. The lowest BCUT2D eigenvalue weighted by Gasteiger charge is -2.06. The number of amides is 1. The number of carbonyl (C=O) groups is 1. The van der Waals surface area contributed by atoms with Gasteiger partial charge in [0, 0.05) is 37.8 Å². The Labute approximate surface area is 174 Å². The Bertz CT molecular complexity index is 1170. The molecule has 0 aromatic carbocycles. The number of pyridine rings is 2. The number of hydrogen-bond donors (Lipinski definition) is 2. The number of carbonyl (C=O) groups excluding carboxylic acids is 1. The van der Waals surface area contributed by atoms with Gasteiger partial charge in [0.05, 0.1) is 28.8 Å². The molecule has 4 aromatic rings. The van der Waals surface area contributed by atoms with E-state index in [1.54, 1.807) is 18.3 Å². The number of anilines is 1. The van der Waals surface area contributed by atoms with E-state index in [0.29, 0.717) is 17.8 Å². The van der Waals surface area contributed by atoms with E-state index < -0.39 is 0 Å². The van der Waals surface area contributed by atoms with Gasteiger partial charge in [-0.1, -0.05) is 5.16 Å². The largest absolute Gasteiger partial charge is 0.383 e.